The first kappa shape index (κ1) is 34.4. The van der Waals surface area contributed by atoms with Gasteiger partial charge in [-0.2, -0.15) is 0 Å². The van der Waals surface area contributed by atoms with E-state index in [4.69, 9.17) is 4.74 Å². The Bertz CT molecular complexity index is 442. The average Bonchev–Trinajstić information content (AvgIpc) is 2.85. The van der Waals surface area contributed by atoms with Gasteiger partial charge >= 0.3 is 0 Å². The van der Waals surface area contributed by atoms with E-state index in [1.165, 1.54) is 135 Å². The van der Waals surface area contributed by atoms with Crippen LogP contribution in [0.2, 0.25) is 0 Å². The molecule has 0 amide bonds. The number of unbranched alkanes of at least 4 members (excludes halogenated alkanes) is 15. The second-order valence-corrected chi connectivity index (χ2v) is 11.0. The summed E-state index contributed by atoms with van der Waals surface area (Å²) >= 11 is 0. The molecule has 0 bridgehead atoms. The number of nitrogens with zero attached hydrogens (tertiary/aromatic N) is 1. The summed E-state index contributed by atoms with van der Waals surface area (Å²) < 4.78 is 6.12. The minimum absolute atomic E-state index is 0.748. The van der Waals surface area contributed by atoms with Crippen molar-refractivity contribution in [2.75, 3.05) is 33.9 Å². The van der Waals surface area contributed by atoms with Crippen molar-refractivity contribution >= 4 is 0 Å². The van der Waals surface area contributed by atoms with Gasteiger partial charge in [0, 0.05) is 13.2 Å². The second-order valence-electron chi connectivity index (χ2n) is 11.0. The summed E-state index contributed by atoms with van der Waals surface area (Å²) in [5.74, 6) is 0.748. The maximum absolute atomic E-state index is 6.12. The molecule has 0 heterocycles. The van der Waals surface area contributed by atoms with Crippen LogP contribution in [0.25, 0.3) is 0 Å². The second kappa shape index (κ2) is 29.6. The Morgan fingerprint density at radius 3 is 1.71 bits per heavy atom. The maximum Gasteiger partial charge on any atom is 0.0494 e. The third-order valence-corrected chi connectivity index (χ3v) is 7.04. The Kier molecular flexibility index (Phi) is 29.1. The van der Waals surface area contributed by atoms with Crippen LogP contribution in [-0.4, -0.2) is 38.8 Å². The molecule has 0 aliphatic rings. The van der Waals surface area contributed by atoms with Crippen molar-refractivity contribution < 1.29 is 4.74 Å². The maximum atomic E-state index is 6.12. The molecule has 0 spiro atoms. The first-order chi connectivity index (χ1) is 17.2. The van der Waals surface area contributed by atoms with E-state index in [2.05, 4.69) is 57.1 Å². The van der Waals surface area contributed by atoms with Gasteiger partial charge < -0.3 is 9.64 Å². The Balaban J connectivity index is 3.59. The van der Waals surface area contributed by atoms with E-state index in [9.17, 15) is 0 Å². The highest BCUT2D eigenvalue weighted by Gasteiger charge is 2.09. The predicted molar refractivity (Wildman–Crippen MR) is 159 cm³/mol. The topological polar surface area (TPSA) is 12.5 Å². The summed E-state index contributed by atoms with van der Waals surface area (Å²) in [7, 11) is 4.38. The first-order valence-corrected chi connectivity index (χ1v) is 15.7. The van der Waals surface area contributed by atoms with Crippen LogP contribution in [-0.2, 0) is 4.74 Å². The Morgan fingerprint density at radius 1 is 0.571 bits per heavy atom. The molecule has 0 aromatic rings. The summed E-state index contributed by atoms with van der Waals surface area (Å²) in [5, 5.41) is 0. The Hall–Kier alpha value is -0.600. The third-order valence-electron chi connectivity index (χ3n) is 7.04. The molecule has 0 aromatic heterocycles. The fraction of sp³-hybridized carbons (Fsp3) is 0.879. The van der Waals surface area contributed by atoms with Gasteiger partial charge in [-0.05, 0) is 77.9 Å². The van der Waals surface area contributed by atoms with Crippen LogP contribution in [0.4, 0.5) is 0 Å². The molecule has 2 heteroatoms. The van der Waals surface area contributed by atoms with E-state index >= 15 is 0 Å². The van der Waals surface area contributed by atoms with Gasteiger partial charge in [0.1, 0.15) is 0 Å². The molecule has 0 aromatic carbocycles. The molecular weight excluding hydrogens is 426 g/mol. The van der Waals surface area contributed by atoms with Crippen LogP contribution in [0, 0.1) is 5.92 Å². The zero-order chi connectivity index (χ0) is 25.7. The standard InChI is InChI=1S/C33H65NO/c1-5-7-9-11-13-14-15-16-17-18-19-20-21-23-25-27-31-35-32-33(29-30-34(3)4)28-26-24-22-12-10-8-6-2/h13-14,16-17,33H,5-12,15,18-32H2,1-4H3. The summed E-state index contributed by atoms with van der Waals surface area (Å²) in [6.07, 6.45) is 37.6. The van der Waals surface area contributed by atoms with E-state index < -0.39 is 0 Å². The van der Waals surface area contributed by atoms with Gasteiger partial charge in [-0.25, -0.2) is 0 Å². The van der Waals surface area contributed by atoms with Crippen LogP contribution < -0.4 is 0 Å². The van der Waals surface area contributed by atoms with Crippen LogP contribution >= 0.6 is 0 Å². The van der Waals surface area contributed by atoms with Crippen molar-refractivity contribution in [2.24, 2.45) is 5.92 Å². The number of rotatable bonds is 28. The molecular formula is C33H65NO. The summed E-state index contributed by atoms with van der Waals surface area (Å²) in [6.45, 7) is 7.69. The zero-order valence-electron chi connectivity index (χ0n) is 24.7. The van der Waals surface area contributed by atoms with Crippen molar-refractivity contribution in [1.82, 2.24) is 4.90 Å². The van der Waals surface area contributed by atoms with E-state index in [1.54, 1.807) is 0 Å². The normalized spacial score (nSPS) is 13.1. The fourth-order valence-electron chi connectivity index (χ4n) is 4.58. The number of hydrogen-bond acceptors (Lipinski definition) is 2. The third kappa shape index (κ3) is 29.5. The lowest BCUT2D eigenvalue weighted by Gasteiger charge is -2.19. The predicted octanol–water partition coefficient (Wildman–Crippen LogP) is 10.5. The quantitative estimate of drug-likeness (QED) is 0.0797. The van der Waals surface area contributed by atoms with Crippen molar-refractivity contribution in [3.63, 3.8) is 0 Å². The molecule has 0 saturated heterocycles. The highest BCUT2D eigenvalue weighted by Crippen LogP contribution is 2.17. The molecule has 0 aliphatic heterocycles. The fourth-order valence-corrected chi connectivity index (χ4v) is 4.58. The highest BCUT2D eigenvalue weighted by atomic mass is 16.5. The molecule has 0 radical (unpaired) electrons. The number of hydrogen-bond donors (Lipinski definition) is 0. The van der Waals surface area contributed by atoms with Gasteiger partial charge in [0.2, 0.25) is 0 Å². The van der Waals surface area contributed by atoms with Crippen LogP contribution in [0.1, 0.15) is 149 Å². The summed E-state index contributed by atoms with van der Waals surface area (Å²) in [4.78, 5) is 2.32. The Morgan fingerprint density at radius 2 is 1.09 bits per heavy atom. The minimum atomic E-state index is 0.748. The minimum Gasteiger partial charge on any atom is -0.381 e. The van der Waals surface area contributed by atoms with Crippen molar-refractivity contribution in [1.29, 1.82) is 0 Å². The Labute approximate surface area is 222 Å². The summed E-state index contributed by atoms with van der Waals surface area (Å²) in [5.41, 5.74) is 0. The SMILES string of the molecule is CCCCCC=CCC=CCCCCCCCCOCC(CCCCCCCCC)CCN(C)C. The lowest BCUT2D eigenvalue weighted by atomic mass is 9.97. The highest BCUT2D eigenvalue weighted by molar-refractivity contribution is 4.92. The van der Waals surface area contributed by atoms with E-state index in [1.807, 2.05) is 0 Å². The van der Waals surface area contributed by atoms with Gasteiger partial charge in [0.25, 0.3) is 0 Å². The van der Waals surface area contributed by atoms with Gasteiger partial charge in [-0.15, -0.1) is 0 Å². The molecule has 0 N–H and O–H groups in total. The van der Waals surface area contributed by atoms with Crippen molar-refractivity contribution in [2.45, 2.75) is 149 Å². The van der Waals surface area contributed by atoms with Crippen LogP contribution in [0.3, 0.4) is 0 Å². The van der Waals surface area contributed by atoms with E-state index in [0.29, 0.717) is 0 Å². The molecule has 0 saturated carbocycles. The smallest absolute Gasteiger partial charge is 0.0494 e. The van der Waals surface area contributed by atoms with Crippen molar-refractivity contribution in [3.05, 3.63) is 24.3 Å². The lowest BCUT2D eigenvalue weighted by Crippen LogP contribution is -2.20. The average molecular weight is 492 g/mol. The lowest BCUT2D eigenvalue weighted by molar-refractivity contribution is 0.0860. The molecule has 0 aliphatic carbocycles. The van der Waals surface area contributed by atoms with Crippen LogP contribution in [0.5, 0.6) is 0 Å². The van der Waals surface area contributed by atoms with Gasteiger partial charge in [0.05, 0.1) is 0 Å². The zero-order valence-corrected chi connectivity index (χ0v) is 24.7. The number of ether oxygens (including phenoxy) is 1. The summed E-state index contributed by atoms with van der Waals surface area (Å²) in [6, 6.07) is 0. The molecule has 2 nitrogen and oxygen atoms in total. The molecule has 1 atom stereocenters. The van der Waals surface area contributed by atoms with Gasteiger partial charge in [-0.1, -0.05) is 122 Å². The molecule has 0 rings (SSSR count). The molecule has 0 fully saturated rings. The monoisotopic (exact) mass is 492 g/mol. The largest absolute Gasteiger partial charge is 0.381 e. The molecule has 35 heavy (non-hydrogen) atoms. The van der Waals surface area contributed by atoms with Gasteiger partial charge in [-0.3, -0.25) is 0 Å². The molecule has 1 unspecified atom stereocenters. The van der Waals surface area contributed by atoms with Crippen molar-refractivity contribution in [3.8, 4) is 0 Å². The number of allylic oxidation sites excluding steroid dienone is 4. The molecule has 208 valence electrons. The van der Waals surface area contributed by atoms with E-state index in [-0.39, 0.29) is 0 Å². The van der Waals surface area contributed by atoms with Crippen LogP contribution in [0.15, 0.2) is 24.3 Å². The van der Waals surface area contributed by atoms with Gasteiger partial charge in [0.15, 0.2) is 0 Å². The first-order valence-electron chi connectivity index (χ1n) is 15.7. The van der Waals surface area contributed by atoms with E-state index in [0.717, 1.165) is 25.6 Å².